The molecule has 1 saturated heterocycles. The first-order valence-electron chi connectivity index (χ1n) is 9.47. The van der Waals surface area contributed by atoms with Crippen LogP contribution in [0.5, 0.6) is 0 Å². The molecule has 0 saturated carbocycles. The van der Waals surface area contributed by atoms with Gasteiger partial charge in [0, 0.05) is 17.9 Å². The molecule has 142 valence electrons. The van der Waals surface area contributed by atoms with Crippen molar-refractivity contribution in [2.45, 2.75) is 39.2 Å². The SMILES string of the molecule is Cc1cc(C)n2nc(C(=O)N3CCCCC3c3nc4ccccc4s3)nc2n1. The molecule has 0 spiro atoms. The Kier molecular flexibility index (Phi) is 4.08. The number of amides is 1. The number of piperidine rings is 1. The minimum absolute atomic E-state index is 0.0268. The molecule has 0 aliphatic carbocycles. The van der Waals surface area contributed by atoms with Crippen LogP contribution < -0.4 is 0 Å². The number of aryl methyl sites for hydroxylation is 2. The number of carbonyl (C=O) groups is 1. The number of hydrogen-bond donors (Lipinski definition) is 0. The molecule has 28 heavy (non-hydrogen) atoms. The fourth-order valence-corrected chi connectivity index (χ4v) is 4.96. The smallest absolute Gasteiger partial charge is 0.294 e. The van der Waals surface area contributed by atoms with E-state index in [0.717, 1.165) is 45.9 Å². The van der Waals surface area contributed by atoms with E-state index in [4.69, 9.17) is 4.98 Å². The molecule has 1 aliphatic heterocycles. The summed E-state index contributed by atoms with van der Waals surface area (Å²) in [6.45, 7) is 4.55. The largest absolute Gasteiger partial charge is 0.326 e. The Labute approximate surface area is 166 Å². The lowest BCUT2D eigenvalue weighted by molar-refractivity contribution is 0.0599. The molecule has 1 aromatic carbocycles. The van der Waals surface area contributed by atoms with Crippen LogP contribution in [0.3, 0.4) is 0 Å². The summed E-state index contributed by atoms with van der Waals surface area (Å²) in [5.74, 6) is 0.523. The summed E-state index contributed by atoms with van der Waals surface area (Å²) >= 11 is 1.67. The molecule has 4 heterocycles. The number of rotatable bonds is 2. The Morgan fingerprint density at radius 2 is 2.00 bits per heavy atom. The molecule has 1 fully saturated rings. The average Bonchev–Trinajstić information content (AvgIpc) is 3.31. The number of aromatic nitrogens is 5. The van der Waals surface area contributed by atoms with Gasteiger partial charge < -0.3 is 4.90 Å². The minimum atomic E-state index is -0.147. The quantitative estimate of drug-likeness (QED) is 0.520. The Morgan fingerprint density at radius 3 is 2.86 bits per heavy atom. The van der Waals surface area contributed by atoms with Crippen molar-refractivity contribution in [2.24, 2.45) is 0 Å². The van der Waals surface area contributed by atoms with Crippen molar-refractivity contribution >= 4 is 33.2 Å². The molecule has 1 aliphatic rings. The second-order valence-corrected chi connectivity index (χ2v) is 8.28. The van der Waals surface area contributed by atoms with E-state index in [1.165, 1.54) is 0 Å². The second kappa shape index (κ2) is 6.63. The number of hydrogen-bond acceptors (Lipinski definition) is 6. The van der Waals surface area contributed by atoms with Crippen LogP contribution in [0.1, 0.15) is 52.3 Å². The summed E-state index contributed by atoms with van der Waals surface area (Å²) < 4.78 is 2.79. The minimum Gasteiger partial charge on any atom is -0.326 e. The van der Waals surface area contributed by atoms with Crippen molar-refractivity contribution < 1.29 is 4.79 Å². The highest BCUT2D eigenvalue weighted by molar-refractivity contribution is 7.18. The maximum absolute atomic E-state index is 13.3. The first-order chi connectivity index (χ1) is 13.6. The molecule has 8 heteroatoms. The van der Waals surface area contributed by atoms with E-state index in [1.807, 2.05) is 43.0 Å². The first-order valence-corrected chi connectivity index (χ1v) is 10.3. The Bertz CT molecular complexity index is 1160. The fourth-order valence-electron chi connectivity index (χ4n) is 3.85. The maximum Gasteiger partial charge on any atom is 0.294 e. The van der Waals surface area contributed by atoms with Crippen molar-refractivity contribution in [3.05, 3.63) is 52.6 Å². The Morgan fingerprint density at radius 1 is 1.14 bits per heavy atom. The molecule has 1 amide bonds. The molecule has 1 atom stereocenters. The molecule has 3 aromatic heterocycles. The van der Waals surface area contributed by atoms with E-state index in [9.17, 15) is 4.79 Å². The molecule has 4 aromatic rings. The molecule has 7 nitrogen and oxygen atoms in total. The van der Waals surface area contributed by atoms with Gasteiger partial charge >= 0.3 is 0 Å². The number of para-hydroxylation sites is 1. The number of benzene rings is 1. The highest BCUT2D eigenvalue weighted by Gasteiger charge is 2.33. The zero-order chi connectivity index (χ0) is 19.3. The van der Waals surface area contributed by atoms with Gasteiger partial charge in [0.1, 0.15) is 5.01 Å². The van der Waals surface area contributed by atoms with Crippen LogP contribution in [0.25, 0.3) is 16.0 Å². The molecule has 0 radical (unpaired) electrons. The summed E-state index contributed by atoms with van der Waals surface area (Å²) in [7, 11) is 0. The van der Waals surface area contributed by atoms with Crippen LogP contribution in [0.15, 0.2) is 30.3 Å². The zero-order valence-electron chi connectivity index (χ0n) is 15.8. The van der Waals surface area contributed by atoms with Crippen molar-refractivity contribution in [3.63, 3.8) is 0 Å². The van der Waals surface area contributed by atoms with Crippen LogP contribution in [-0.2, 0) is 0 Å². The van der Waals surface area contributed by atoms with E-state index >= 15 is 0 Å². The van der Waals surface area contributed by atoms with Crippen molar-refractivity contribution in [1.82, 2.24) is 29.5 Å². The maximum atomic E-state index is 13.3. The van der Waals surface area contributed by atoms with Crippen LogP contribution >= 0.6 is 11.3 Å². The highest BCUT2D eigenvalue weighted by Crippen LogP contribution is 2.36. The fraction of sp³-hybridized carbons (Fsp3) is 0.350. The van der Waals surface area contributed by atoms with Gasteiger partial charge in [-0.05, 0) is 51.3 Å². The standard InChI is InChI=1S/C20H20N6OS/c1-12-11-13(2)26-20(21-12)23-17(24-26)19(27)25-10-6-5-8-15(25)18-22-14-7-3-4-9-16(14)28-18/h3-4,7,9,11,15H,5-6,8,10H2,1-2H3. The summed E-state index contributed by atoms with van der Waals surface area (Å²) in [6.07, 6.45) is 2.98. The topological polar surface area (TPSA) is 76.3 Å². The number of thiazole rings is 1. The molecule has 1 unspecified atom stereocenters. The van der Waals surface area contributed by atoms with Gasteiger partial charge in [-0.25, -0.2) is 14.5 Å². The van der Waals surface area contributed by atoms with Crippen LogP contribution in [0, 0.1) is 13.8 Å². The number of nitrogens with zero attached hydrogens (tertiary/aromatic N) is 6. The Balaban J connectivity index is 1.52. The first kappa shape index (κ1) is 17.2. The van der Waals surface area contributed by atoms with Crippen molar-refractivity contribution in [3.8, 4) is 0 Å². The lowest BCUT2D eigenvalue weighted by atomic mass is 10.0. The van der Waals surface area contributed by atoms with Gasteiger partial charge in [-0.3, -0.25) is 4.79 Å². The monoisotopic (exact) mass is 392 g/mol. The van der Waals surface area contributed by atoms with E-state index in [0.29, 0.717) is 12.3 Å². The molecule has 5 rings (SSSR count). The second-order valence-electron chi connectivity index (χ2n) is 7.22. The molecule has 0 N–H and O–H groups in total. The molecular formula is C20H20N6OS. The van der Waals surface area contributed by atoms with Gasteiger partial charge in [-0.15, -0.1) is 16.4 Å². The summed E-state index contributed by atoms with van der Waals surface area (Å²) in [4.78, 5) is 28.8. The van der Waals surface area contributed by atoms with Crippen LogP contribution in [-0.4, -0.2) is 41.9 Å². The van der Waals surface area contributed by atoms with Crippen LogP contribution in [0.4, 0.5) is 0 Å². The van der Waals surface area contributed by atoms with Gasteiger partial charge in [0.2, 0.25) is 5.82 Å². The van der Waals surface area contributed by atoms with Gasteiger partial charge in [-0.1, -0.05) is 12.1 Å². The van der Waals surface area contributed by atoms with E-state index < -0.39 is 0 Å². The average molecular weight is 392 g/mol. The summed E-state index contributed by atoms with van der Waals surface area (Å²) in [5, 5.41) is 5.42. The predicted molar refractivity (Wildman–Crippen MR) is 108 cm³/mol. The van der Waals surface area contributed by atoms with Crippen LogP contribution in [0.2, 0.25) is 0 Å². The third-order valence-corrected chi connectivity index (χ3v) is 6.31. The lowest BCUT2D eigenvalue weighted by Crippen LogP contribution is -2.39. The summed E-state index contributed by atoms with van der Waals surface area (Å²) in [6, 6.07) is 10.0. The summed E-state index contributed by atoms with van der Waals surface area (Å²) in [5.41, 5.74) is 2.76. The van der Waals surface area contributed by atoms with Crippen molar-refractivity contribution in [2.75, 3.05) is 6.54 Å². The van der Waals surface area contributed by atoms with Crippen molar-refractivity contribution in [1.29, 1.82) is 0 Å². The highest BCUT2D eigenvalue weighted by atomic mass is 32.1. The lowest BCUT2D eigenvalue weighted by Gasteiger charge is -2.33. The normalized spacial score (nSPS) is 17.5. The third-order valence-electron chi connectivity index (χ3n) is 5.17. The van der Waals surface area contributed by atoms with Gasteiger partial charge in [-0.2, -0.15) is 4.98 Å². The van der Waals surface area contributed by atoms with E-state index in [1.54, 1.807) is 15.9 Å². The molecular weight excluding hydrogens is 372 g/mol. The Hall–Kier alpha value is -2.87. The number of likely N-dealkylation sites (tertiary alicyclic amines) is 1. The van der Waals surface area contributed by atoms with Gasteiger partial charge in [0.15, 0.2) is 0 Å². The number of carbonyl (C=O) groups excluding carboxylic acids is 1. The zero-order valence-corrected chi connectivity index (χ0v) is 16.6. The number of fused-ring (bicyclic) bond motifs is 2. The third kappa shape index (κ3) is 2.84. The van der Waals surface area contributed by atoms with Gasteiger partial charge in [0.05, 0.1) is 16.3 Å². The predicted octanol–water partition coefficient (Wildman–Crippen LogP) is 3.72. The van der Waals surface area contributed by atoms with Gasteiger partial charge in [0.25, 0.3) is 11.7 Å². The molecule has 0 bridgehead atoms. The van der Waals surface area contributed by atoms with E-state index in [2.05, 4.69) is 21.1 Å². The van der Waals surface area contributed by atoms with E-state index in [-0.39, 0.29) is 17.8 Å².